The number of para-hydroxylation sites is 1. The Bertz CT molecular complexity index is 706. The predicted octanol–water partition coefficient (Wildman–Crippen LogP) is 1.79. The van der Waals surface area contributed by atoms with E-state index < -0.39 is 0 Å². The second-order valence-electron chi connectivity index (χ2n) is 5.48. The fourth-order valence-electron chi connectivity index (χ4n) is 2.64. The SMILES string of the molecule is CCOC(=O)N1CCN(C(=O)c2cn(-c3ccccc3)cn2)CC1. The molecule has 0 radical (unpaired) electrons. The molecule has 2 aromatic rings. The standard InChI is InChI=1S/C17H20N4O3/c1-2-24-17(23)20-10-8-19(9-11-20)16(22)15-12-21(13-18-15)14-6-4-3-5-7-14/h3-7,12-13H,2,8-11H2,1H3. The van der Waals surface area contributed by atoms with E-state index in [1.807, 2.05) is 34.9 Å². The van der Waals surface area contributed by atoms with Gasteiger partial charge < -0.3 is 19.1 Å². The molecule has 0 atom stereocenters. The highest BCUT2D eigenvalue weighted by Gasteiger charge is 2.26. The second-order valence-corrected chi connectivity index (χ2v) is 5.48. The van der Waals surface area contributed by atoms with Crippen LogP contribution in [0.15, 0.2) is 42.9 Å². The van der Waals surface area contributed by atoms with Crippen LogP contribution in [0.3, 0.4) is 0 Å². The molecule has 126 valence electrons. The molecule has 24 heavy (non-hydrogen) atoms. The van der Waals surface area contributed by atoms with Gasteiger partial charge in [-0.15, -0.1) is 0 Å². The molecule has 1 aromatic carbocycles. The molecule has 0 unspecified atom stereocenters. The molecule has 3 rings (SSSR count). The Morgan fingerprint density at radius 2 is 1.75 bits per heavy atom. The van der Waals surface area contributed by atoms with Gasteiger partial charge in [0.25, 0.3) is 5.91 Å². The lowest BCUT2D eigenvalue weighted by atomic mass is 10.3. The number of carbonyl (C=O) groups excluding carboxylic acids is 2. The van der Waals surface area contributed by atoms with Gasteiger partial charge in [-0.1, -0.05) is 18.2 Å². The largest absolute Gasteiger partial charge is 0.450 e. The monoisotopic (exact) mass is 328 g/mol. The van der Waals surface area contributed by atoms with Crippen LogP contribution in [-0.2, 0) is 4.74 Å². The molecule has 1 fully saturated rings. The molecule has 7 heteroatoms. The fraction of sp³-hybridized carbons (Fsp3) is 0.353. The maximum Gasteiger partial charge on any atom is 0.409 e. The third-order valence-electron chi connectivity index (χ3n) is 3.95. The van der Waals surface area contributed by atoms with E-state index in [0.29, 0.717) is 38.5 Å². The highest BCUT2D eigenvalue weighted by atomic mass is 16.6. The number of imidazole rings is 1. The average molecular weight is 328 g/mol. The third-order valence-corrected chi connectivity index (χ3v) is 3.95. The number of carbonyl (C=O) groups is 2. The van der Waals surface area contributed by atoms with Crippen molar-refractivity contribution in [2.75, 3.05) is 32.8 Å². The van der Waals surface area contributed by atoms with Crippen molar-refractivity contribution in [2.45, 2.75) is 6.92 Å². The van der Waals surface area contributed by atoms with Crippen LogP contribution in [-0.4, -0.2) is 64.1 Å². The molecule has 7 nitrogen and oxygen atoms in total. The van der Waals surface area contributed by atoms with Crippen molar-refractivity contribution >= 4 is 12.0 Å². The van der Waals surface area contributed by atoms with Crippen molar-refractivity contribution in [1.82, 2.24) is 19.4 Å². The van der Waals surface area contributed by atoms with E-state index in [9.17, 15) is 9.59 Å². The summed E-state index contributed by atoms with van der Waals surface area (Å²) in [6, 6.07) is 9.72. The van der Waals surface area contributed by atoms with Gasteiger partial charge in [-0.25, -0.2) is 9.78 Å². The number of rotatable bonds is 3. The Hall–Kier alpha value is -2.83. The summed E-state index contributed by atoms with van der Waals surface area (Å²) in [5.41, 5.74) is 1.36. The van der Waals surface area contributed by atoms with Crippen molar-refractivity contribution in [3.63, 3.8) is 0 Å². The van der Waals surface area contributed by atoms with Gasteiger partial charge in [-0.05, 0) is 19.1 Å². The van der Waals surface area contributed by atoms with Crippen molar-refractivity contribution in [2.24, 2.45) is 0 Å². The van der Waals surface area contributed by atoms with E-state index in [4.69, 9.17) is 4.74 Å². The van der Waals surface area contributed by atoms with Crippen LogP contribution in [0.2, 0.25) is 0 Å². The summed E-state index contributed by atoms with van der Waals surface area (Å²) in [6.07, 6.45) is 3.05. The molecular weight excluding hydrogens is 308 g/mol. The zero-order chi connectivity index (χ0) is 16.9. The van der Waals surface area contributed by atoms with Crippen molar-refractivity contribution in [3.05, 3.63) is 48.5 Å². The van der Waals surface area contributed by atoms with Gasteiger partial charge in [0.2, 0.25) is 0 Å². The van der Waals surface area contributed by atoms with Crippen LogP contribution in [0, 0.1) is 0 Å². The van der Waals surface area contributed by atoms with E-state index in [1.165, 1.54) is 0 Å². The molecule has 0 N–H and O–H groups in total. The second kappa shape index (κ2) is 7.16. The van der Waals surface area contributed by atoms with Crippen molar-refractivity contribution < 1.29 is 14.3 Å². The Morgan fingerprint density at radius 1 is 1.08 bits per heavy atom. The third kappa shape index (κ3) is 3.40. The van der Waals surface area contributed by atoms with Gasteiger partial charge in [0.15, 0.2) is 0 Å². The minimum atomic E-state index is -0.321. The molecule has 0 saturated carbocycles. The highest BCUT2D eigenvalue weighted by Crippen LogP contribution is 2.12. The van der Waals surface area contributed by atoms with Gasteiger partial charge in [0.05, 0.1) is 6.61 Å². The van der Waals surface area contributed by atoms with Gasteiger partial charge >= 0.3 is 6.09 Å². The van der Waals surface area contributed by atoms with Gasteiger partial charge in [0.1, 0.15) is 12.0 Å². The molecule has 0 spiro atoms. The van der Waals surface area contributed by atoms with Crippen LogP contribution < -0.4 is 0 Å². The first-order chi connectivity index (χ1) is 11.7. The normalized spacial score (nSPS) is 14.5. The van der Waals surface area contributed by atoms with Crippen LogP contribution >= 0.6 is 0 Å². The molecule has 1 aromatic heterocycles. The number of nitrogens with zero attached hydrogens (tertiary/aromatic N) is 4. The molecule has 1 aliphatic heterocycles. The summed E-state index contributed by atoms with van der Waals surface area (Å²) in [5, 5.41) is 0. The molecule has 2 heterocycles. The zero-order valence-electron chi connectivity index (χ0n) is 13.6. The summed E-state index contributed by atoms with van der Waals surface area (Å²) >= 11 is 0. The maximum absolute atomic E-state index is 12.6. The summed E-state index contributed by atoms with van der Waals surface area (Å²) in [7, 11) is 0. The Labute approximate surface area is 140 Å². The van der Waals surface area contributed by atoms with E-state index in [1.54, 1.807) is 29.2 Å². The zero-order valence-corrected chi connectivity index (χ0v) is 13.6. The lowest BCUT2D eigenvalue weighted by molar-refractivity contribution is 0.0566. The van der Waals surface area contributed by atoms with Crippen LogP contribution in [0.1, 0.15) is 17.4 Å². The number of ether oxygens (including phenoxy) is 1. The molecular formula is C17H20N4O3. The number of piperazine rings is 1. The smallest absolute Gasteiger partial charge is 0.409 e. The first-order valence-corrected chi connectivity index (χ1v) is 7.99. The van der Waals surface area contributed by atoms with Gasteiger partial charge in [-0.2, -0.15) is 0 Å². The lowest BCUT2D eigenvalue weighted by Crippen LogP contribution is -2.50. The number of amides is 2. The average Bonchev–Trinajstić information content (AvgIpc) is 3.12. The van der Waals surface area contributed by atoms with Crippen LogP contribution in [0.4, 0.5) is 4.79 Å². The topological polar surface area (TPSA) is 67.7 Å². The predicted molar refractivity (Wildman–Crippen MR) is 88.1 cm³/mol. The first kappa shape index (κ1) is 16.0. The van der Waals surface area contributed by atoms with E-state index in [-0.39, 0.29) is 12.0 Å². The molecule has 1 aliphatic rings. The summed E-state index contributed by atoms with van der Waals surface area (Å²) in [5.74, 6) is -0.117. The maximum atomic E-state index is 12.6. The Morgan fingerprint density at radius 3 is 2.42 bits per heavy atom. The number of hydrogen-bond donors (Lipinski definition) is 0. The Balaban J connectivity index is 1.62. The molecule has 2 amide bonds. The van der Waals surface area contributed by atoms with Gasteiger partial charge in [-0.3, -0.25) is 4.79 Å². The summed E-state index contributed by atoms with van der Waals surface area (Å²) in [6.45, 7) is 4.05. The molecule has 0 aliphatic carbocycles. The molecule has 1 saturated heterocycles. The van der Waals surface area contributed by atoms with E-state index in [0.717, 1.165) is 5.69 Å². The quantitative estimate of drug-likeness (QED) is 0.861. The van der Waals surface area contributed by atoms with E-state index >= 15 is 0 Å². The number of aromatic nitrogens is 2. The first-order valence-electron chi connectivity index (χ1n) is 7.99. The minimum Gasteiger partial charge on any atom is -0.450 e. The minimum absolute atomic E-state index is 0.117. The summed E-state index contributed by atoms with van der Waals surface area (Å²) in [4.78, 5) is 31.8. The number of hydrogen-bond acceptors (Lipinski definition) is 4. The number of benzene rings is 1. The summed E-state index contributed by atoms with van der Waals surface area (Å²) < 4.78 is 6.80. The Kier molecular flexibility index (Phi) is 4.79. The van der Waals surface area contributed by atoms with Crippen molar-refractivity contribution in [1.29, 1.82) is 0 Å². The van der Waals surface area contributed by atoms with E-state index in [2.05, 4.69) is 4.98 Å². The lowest BCUT2D eigenvalue weighted by Gasteiger charge is -2.33. The highest BCUT2D eigenvalue weighted by molar-refractivity contribution is 5.92. The van der Waals surface area contributed by atoms with Crippen LogP contribution in [0.25, 0.3) is 5.69 Å². The van der Waals surface area contributed by atoms with Gasteiger partial charge in [0, 0.05) is 38.1 Å². The fourth-order valence-corrected chi connectivity index (χ4v) is 2.64. The molecule has 0 bridgehead atoms. The van der Waals surface area contributed by atoms with Crippen molar-refractivity contribution in [3.8, 4) is 5.69 Å². The van der Waals surface area contributed by atoms with Crippen LogP contribution in [0.5, 0.6) is 0 Å².